The van der Waals surface area contributed by atoms with Gasteiger partial charge in [-0.25, -0.2) is 0 Å². The smallest absolute Gasteiger partial charge is 0.0662 e. The summed E-state index contributed by atoms with van der Waals surface area (Å²) in [5.41, 5.74) is 7.93. The summed E-state index contributed by atoms with van der Waals surface area (Å²) >= 11 is 0. The van der Waals surface area contributed by atoms with Gasteiger partial charge in [0, 0.05) is 20.1 Å². The van der Waals surface area contributed by atoms with Crippen LogP contribution in [0.3, 0.4) is 0 Å². The van der Waals surface area contributed by atoms with Gasteiger partial charge in [-0.15, -0.1) is 0 Å². The second-order valence-electron chi connectivity index (χ2n) is 4.16. The van der Waals surface area contributed by atoms with Crippen molar-refractivity contribution in [1.82, 2.24) is 0 Å². The van der Waals surface area contributed by atoms with E-state index in [4.69, 9.17) is 10.5 Å². The largest absolute Gasteiger partial charge is 0.378 e. The van der Waals surface area contributed by atoms with E-state index in [1.165, 1.54) is 11.1 Å². The number of hydrogen-bond acceptors (Lipinski definition) is 2. The number of nitrogens with two attached hydrogens (primary N) is 1. The molecule has 0 unspecified atom stereocenters. The summed E-state index contributed by atoms with van der Waals surface area (Å²) < 4.78 is 5.38. The van der Waals surface area contributed by atoms with E-state index in [1.54, 1.807) is 7.11 Å². The Morgan fingerprint density at radius 2 is 1.93 bits per heavy atom. The minimum absolute atomic E-state index is 0.104. The number of methoxy groups -OCH3 is 1. The van der Waals surface area contributed by atoms with Crippen LogP contribution in [0.1, 0.15) is 25.0 Å². The molecule has 0 saturated carbocycles. The lowest BCUT2D eigenvalue weighted by Gasteiger charge is -2.23. The number of benzene rings is 1. The molecule has 2 N–H and O–H groups in total. The van der Waals surface area contributed by atoms with Crippen molar-refractivity contribution in [3.63, 3.8) is 0 Å². The minimum Gasteiger partial charge on any atom is -0.378 e. The lowest BCUT2D eigenvalue weighted by atomic mass is 9.97. The first-order chi connectivity index (χ1) is 6.57. The van der Waals surface area contributed by atoms with Gasteiger partial charge in [-0.1, -0.05) is 24.3 Å². The Morgan fingerprint density at radius 1 is 1.29 bits per heavy atom. The van der Waals surface area contributed by atoms with Crippen molar-refractivity contribution in [2.24, 2.45) is 5.73 Å². The van der Waals surface area contributed by atoms with Gasteiger partial charge in [0.25, 0.3) is 0 Å². The van der Waals surface area contributed by atoms with E-state index in [9.17, 15) is 0 Å². The molecular formula is C12H19NO. The lowest BCUT2D eigenvalue weighted by molar-refractivity contribution is 0.0232. The molecule has 1 rings (SSSR count). The van der Waals surface area contributed by atoms with Crippen molar-refractivity contribution in [2.75, 3.05) is 7.11 Å². The molecule has 0 aliphatic carbocycles. The summed E-state index contributed by atoms with van der Waals surface area (Å²) in [6, 6.07) is 8.34. The van der Waals surface area contributed by atoms with Gasteiger partial charge >= 0.3 is 0 Å². The van der Waals surface area contributed by atoms with Gasteiger partial charge < -0.3 is 10.5 Å². The third-order valence-electron chi connectivity index (χ3n) is 2.41. The predicted molar refractivity (Wildman–Crippen MR) is 59.1 cm³/mol. The topological polar surface area (TPSA) is 35.2 Å². The van der Waals surface area contributed by atoms with Gasteiger partial charge in [0.15, 0.2) is 0 Å². The van der Waals surface area contributed by atoms with Crippen molar-refractivity contribution < 1.29 is 4.74 Å². The molecule has 0 radical (unpaired) electrons. The molecule has 0 spiro atoms. The zero-order chi connectivity index (χ0) is 10.6. The SMILES string of the molecule is COC(C)(C)Cc1cccc(CN)c1. The normalized spacial score (nSPS) is 11.7. The van der Waals surface area contributed by atoms with Crippen molar-refractivity contribution in [2.45, 2.75) is 32.4 Å². The van der Waals surface area contributed by atoms with Crippen LogP contribution in [-0.2, 0) is 17.7 Å². The molecule has 0 aromatic heterocycles. The van der Waals surface area contributed by atoms with Gasteiger partial charge in [0.1, 0.15) is 0 Å². The van der Waals surface area contributed by atoms with Gasteiger partial charge in [-0.2, -0.15) is 0 Å². The molecule has 0 bridgehead atoms. The molecule has 0 aliphatic heterocycles. The Labute approximate surface area is 86.1 Å². The average Bonchev–Trinajstić information content (AvgIpc) is 2.17. The summed E-state index contributed by atoms with van der Waals surface area (Å²) in [5, 5.41) is 0. The van der Waals surface area contributed by atoms with Crippen molar-refractivity contribution in [1.29, 1.82) is 0 Å². The fourth-order valence-corrected chi connectivity index (χ4v) is 1.43. The third-order valence-corrected chi connectivity index (χ3v) is 2.41. The minimum atomic E-state index is -0.104. The van der Waals surface area contributed by atoms with E-state index >= 15 is 0 Å². The number of hydrogen-bond donors (Lipinski definition) is 1. The Hall–Kier alpha value is -0.860. The van der Waals surface area contributed by atoms with Crippen molar-refractivity contribution in [3.05, 3.63) is 35.4 Å². The highest BCUT2D eigenvalue weighted by Gasteiger charge is 2.16. The molecule has 2 nitrogen and oxygen atoms in total. The van der Waals surface area contributed by atoms with Crippen LogP contribution in [0.15, 0.2) is 24.3 Å². The monoisotopic (exact) mass is 193 g/mol. The van der Waals surface area contributed by atoms with Crippen molar-refractivity contribution in [3.8, 4) is 0 Å². The van der Waals surface area contributed by atoms with Gasteiger partial charge in [0.05, 0.1) is 5.60 Å². The standard InChI is InChI=1S/C12H19NO/c1-12(2,14-3)8-10-5-4-6-11(7-10)9-13/h4-7H,8-9,13H2,1-3H3. The molecule has 2 heteroatoms. The van der Waals surface area contributed by atoms with E-state index < -0.39 is 0 Å². The fraction of sp³-hybridized carbons (Fsp3) is 0.500. The molecule has 0 saturated heterocycles. The molecule has 0 heterocycles. The Kier molecular flexibility index (Phi) is 3.67. The Morgan fingerprint density at radius 3 is 2.50 bits per heavy atom. The second-order valence-corrected chi connectivity index (χ2v) is 4.16. The van der Waals surface area contributed by atoms with Crippen LogP contribution >= 0.6 is 0 Å². The summed E-state index contributed by atoms with van der Waals surface area (Å²) in [5.74, 6) is 0. The number of ether oxygens (including phenoxy) is 1. The highest BCUT2D eigenvalue weighted by molar-refractivity contribution is 5.24. The summed E-state index contributed by atoms with van der Waals surface area (Å²) in [7, 11) is 1.74. The van der Waals surface area contributed by atoms with Gasteiger partial charge in [-0.05, 0) is 25.0 Å². The maximum absolute atomic E-state index is 5.58. The molecular weight excluding hydrogens is 174 g/mol. The highest BCUT2D eigenvalue weighted by atomic mass is 16.5. The van der Waals surface area contributed by atoms with Crippen LogP contribution < -0.4 is 5.73 Å². The zero-order valence-corrected chi connectivity index (χ0v) is 9.21. The Bertz CT molecular complexity index is 294. The molecule has 1 aromatic carbocycles. The van der Waals surface area contributed by atoms with E-state index in [0.717, 1.165) is 6.42 Å². The van der Waals surface area contributed by atoms with Crippen molar-refractivity contribution >= 4 is 0 Å². The maximum Gasteiger partial charge on any atom is 0.0662 e. The van der Waals surface area contributed by atoms with Crippen LogP contribution in [0, 0.1) is 0 Å². The molecule has 14 heavy (non-hydrogen) atoms. The third kappa shape index (κ3) is 3.13. The maximum atomic E-state index is 5.58. The average molecular weight is 193 g/mol. The molecule has 0 amide bonds. The van der Waals surface area contributed by atoms with E-state index in [1.807, 2.05) is 12.1 Å². The van der Waals surface area contributed by atoms with Crippen LogP contribution in [-0.4, -0.2) is 12.7 Å². The van der Waals surface area contributed by atoms with Gasteiger partial charge in [0.2, 0.25) is 0 Å². The molecule has 0 atom stereocenters. The van der Waals surface area contributed by atoms with E-state index in [0.29, 0.717) is 6.54 Å². The molecule has 0 fully saturated rings. The van der Waals surface area contributed by atoms with E-state index in [2.05, 4.69) is 26.0 Å². The number of rotatable bonds is 4. The Balaban J connectivity index is 2.76. The molecule has 0 aliphatic rings. The van der Waals surface area contributed by atoms with Crippen LogP contribution in [0.4, 0.5) is 0 Å². The summed E-state index contributed by atoms with van der Waals surface area (Å²) in [4.78, 5) is 0. The first-order valence-electron chi connectivity index (χ1n) is 4.90. The zero-order valence-electron chi connectivity index (χ0n) is 9.21. The summed E-state index contributed by atoms with van der Waals surface area (Å²) in [6.07, 6.45) is 0.914. The fourth-order valence-electron chi connectivity index (χ4n) is 1.43. The van der Waals surface area contributed by atoms with Crippen LogP contribution in [0.5, 0.6) is 0 Å². The van der Waals surface area contributed by atoms with Crippen LogP contribution in [0.25, 0.3) is 0 Å². The van der Waals surface area contributed by atoms with Gasteiger partial charge in [-0.3, -0.25) is 0 Å². The van der Waals surface area contributed by atoms with E-state index in [-0.39, 0.29) is 5.60 Å². The predicted octanol–water partition coefficient (Wildman–Crippen LogP) is 2.11. The first-order valence-corrected chi connectivity index (χ1v) is 4.90. The first kappa shape index (κ1) is 11.2. The quantitative estimate of drug-likeness (QED) is 0.795. The summed E-state index contributed by atoms with van der Waals surface area (Å²) in [6.45, 7) is 4.77. The second kappa shape index (κ2) is 4.58. The highest BCUT2D eigenvalue weighted by Crippen LogP contribution is 2.16. The molecule has 78 valence electrons. The molecule has 1 aromatic rings. The lowest BCUT2D eigenvalue weighted by Crippen LogP contribution is -2.25. The van der Waals surface area contributed by atoms with Crippen LogP contribution in [0.2, 0.25) is 0 Å².